The van der Waals surface area contributed by atoms with Gasteiger partial charge in [-0.1, -0.05) is 96.8 Å². The molecule has 0 amide bonds. The standard InChI is InChI=1S/C19H38O4/c1-2-3-4-5-6-7-8-9-10-11-12-13-14-15-16-17(18(20)21)19(22)23/h17-18,20-21H,2-16H2,1H3,(H,22,23). The third kappa shape index (κ3) is 14.7. The van der Waals surface area contributed by atoms with E-state index in [-0.39, 0.29) is 0 Å². The molecule has 0 spiro atoms. The maximum Gasteiger partial charge on any atom is 0.311 e. The van der Waals surface area contributed by atoms with E-state index in [1.165, 1.54) is 70.6 Å². The van der Waals surface area contributed by atoms with Crippen LogP contribution < -0.4 is 0 Å². The highest BCUT2D eigenvalue weighted by molar-refractivity contribution is 5.70. The molecule has 138 valence electrons. The van der Waals surface area contributed by atoms with Gasteiger partial charge in [-0.25, -0.2) is 0 Å². The largest absolute Gasteiger partial charge is 0.481 e. The van der Waals surface area contributed by atoms with E-state index < -0.39 is 18.2 Å². The second-order valence-electron chi connectivity index (χ2n) is 6.74. The van der Waals surface area contributed by atoms with Crippen LogP contribution in [0.4, 0.5) is 0 Å². The number of rotatable bonds is 17. The summed E-state index contributed by atoms with van der Waals surface area (Å²) in [5.41, 5.74) is 0. The van der Waals surface area contributed by atoms with Crippen LogP contribution in [0.3, 0.4) is 0 Å². The van der Waals surface area contributed by atoms with Gasteiger partial charge in [0.05, 0.1) is 0 Å². The first-order valence-corrected chi connectivity index (χ1v) is 9.68. The predicted octanol–water partition coefficient (Wildman–Crippen LogP) is 4.87. The van der Waals surface area contributed by atoms with Crippen LogP contribution in [0.25, 0.3) is 0 Å². The van der Waals surface area contributed by atoms with Gasteiger partial charge >= 0.3 is 5.97 Å². The van der Waals surface area contributed by atoms with Crippen molar-refractivity contribution in [3.63, 3.8) is 0 Å². The Hall–Kier alpha value is -0.610. The number of carboxylic acids is 1. The zero-order valence-electron chi connectivity index (χ0n) is 15.0. The van der Waals surface area contributed by atoms with Gasteiger partial charge in [-0.15, -0.1) is 0 Å². The Morgan fingerprint density at radius 2 is 1.04 bits per heavy atom. The monoisotopic (exact) mass is 330 g/mol. The molecule has 0 bridgehead atoms. The van der Waals surface area contributed by atoms with Gasteiger partial charge in [-0.2, -0.15) is 0 Å². The van der Waals surface area contributed by atoms with Crippen LogP contribution in [0.5, 0.6) is 0 Å². The molecule has 0 saturated heterocycles. The van der Waals surface area contributed by atoms with Crippen molar-refractivity contribution in [2.24, 2.45) is 5.92 Å². The topological polar surface area (TPSA) is 77.8 Å². The quantitative estimate of drug-likeness (QED) is 0.263. The SMILES string of the molecule is CCCCCCCCCCCCCCCCC(C(=O)O)C(O)O. The van der Waals surface area contributed by atoms with Crippen molar-refractivity contribution in [2.45, 2.75) is 110 Å². The highest BCUT2D eigenvalue weighted by atomic mass is 16.5. The Labute approximate surface area is 142 Å². The van der Waals surface area contributed by atoms with E-state index in [0.29, 0.717) is 6.42 Å². The minimum absolute atomic E-state index is 0.352. The summed E-state index contributed by atoms with van der Waals surface area (Å²) in [6.45, 7) is 2.25. The van der Waals surface area contributed by atoms with E-state index in [0.717, 1.165) is 19.3 Å². The normalized spacial score (nSPS) is 12.7. The lowest BCUT2D eigenvalue weighted by atomic mass is 9.99. The van der Waals surface area contributed by atoms with Crippen molar-refractivity contribution in [2.75, 3.05) is 0 Å². The van der Waals surface area contributed by atoms with Crippen molar-refractivity contribution < 1.29 is 20.1 Å². The van der Waals surface area contributed by atoms with Gasteiger partial charge in [0.25, 0.3) is 0 Å². The van der Waals surface area contributed by atoms with E-state index in [1.807, 2.05) is 0 Å². The van der Waals surface area contributed by atoms with Crippen molar-refractivity contribution >= 4 is 5.97 Å². The molecule has 0 aliphatic heterocycles. The molecule has 0 aromatic carbocycles. The molecule has 0 fully saturated rings. The third-order valence-corrected chi connectivity index (χ3v) is 4.55. The molecule has 0 aromatic rings. The number of aliphatic hydroxyl groups is 2. The van der Waals surface area contributed by atoms with Crippen LogP contribution in [-0.4, -0.2) is 27.6 Å². The van der Waals surface area contributed by atoms with Gasteiger partial charge in [0.1, 0.15) is 5.92 Å². The Balaban J connectivity index is 3.23. The smallest absolute Gasteiger partial charge is 0.311 e. The molecule has 0 heterocycles. The lowest BCUT2D eigenvalue weighted by Crippen LogP contribution is -2.27. The number of unbranched alkanes of at least 4 members (excludes halogenated alkanes) is 13. The van der Waals surface area contributed by atoms with Crippen LogP contribution in [0, 0.1) is 5.92 Å². The second-order valence-corrected chi connectivity index (χ2v) is 6.74. The molecule has 4 nitrogen and oxygen atoms in total. The molecule has 0 aliphatic rings. The molecule has 0 rings (SSSR count). The summed E-state index contributed by atoms with van der Waals surface area (Å²) in [6.07, 6.45) is 16.2. The summed E-state index contributed by atoms with van der Waals surface area (Å²) < 4.78 is 0. The fraction of sp³-hybridized carbons (Fsp3) is 0.947. The maximum absolute atomic E-state index is 10.8. The number of aliphatic carboxylic acids is 1. The first-order valence-electron chi connectivity index (χ1n) is 9.68. The Bertz CT molecular complexity index is 266. The van der Waals surface area contributed by atoms with Gasteiger partial charge in [-0.05, 0) is 6.42 Å². The fourth-order valence-corrected chi connectivity index (χ4v) is 2.96. The minimum Gasteiger partial charge on any atom is -0.481 e. The zero-order valence-corrected chi connectivity index (χ0v) is 15.0. The summed E-state index contributed by atoms with van der Waals surface area (Å²) >= 11 is 0. The number of hydrogen-bond donors (Lipinski definition) is 3. The molecular formula is C19H38O4. The van der Waals surface area contributed by atoms with E-state index in [1.54, 1.807) is 0 Å². The number of carbonyl (C=O) groups is 1. The Morgan fingerprint density at radius 3 is 1.35 bits per heavy atom. The summed E-state index contributed by atoms with van der Waals surface area (Å²) in [7, 11) is 0. The van der Waals surface area contributed by atoms with Crippen molar-refractivity contribution in [1.82, 2.24) is 0 Å². The highest BCUT2D eigenvalue weighted by Gasteiger charge is 2.23. The lowest BCUT2D eigenvalue weighted by molar-refractivity contribution is -0.159. The summed E-state index contributed by atoms with van der Waals surface area (Å²) in [4.78, 5) is 10.8. The molecule has 0 aromatic heterocycles. The highest BCUT2D eigenvalue weighted by Crippen LogP contribution is 2.16. The van der Waals surface area contributed by atoms with Gasteiger partial charge in [0.15, 0.2) is 6.29 Å². The third-order valence-electron chi connectivity index (χ3n) is 4.55. The molecule has 3 N–H and O–H groups in total. The second kappa shape index (κ2) is 16.3. The molecule has 0 aliphatic carbocycles. The van der Waals surface area contributed by atoms with E-state index in [2.05, 4.69) is 6.92 Å². The molecule has 1 unspecified atom stereocenters. The van der Waals surface area contributed by atoms with Crippen LogP contribution in [-0.2, 0) is 4.79 Å². The molecule has 1 atom stereocenters. The molecule has 0 saturated carbocycles. The van der Waals surface area contributed by atoms with Crippen LogP contribution in [0.15, 0.2) is 0 Å². The van der Waals surface area contributed by atoms with Crippen molar-refractivity contribution in [3.8, 4) is 0 Å². The Kier molecular flexibility index (Phi) is 15.8. The molecule has 23 heavy (non-hydrogen) atoms. The number of aliphatic hydroxyl groups excluding tert-OH is 1. The van der Waals surface area contributed by atoms with E-state index >= 15 is 0 Å². The van der Waals surface area contributed by atoms with Crippen LogP contribution >= 0.6 is 0 Å². The first-order chi connectivity index (χ1) is 11.1. The molecule has 4 heteroatoms. The molecule has 0 radical (unpaired) electrons. The average molecular weight is 331 g/mol. The van der Waals surface area contributed by atoms with Gasteiger partial charge in [0, 0.05) is 0 Å². The predicted molar refractivity (Wildman–Crippen MR) is 94.3 cm³/mol. The number of carboxylic acid groups (broad SMARTS) is 1. The lowest BCUT2D eigenvalue weighted by Gasteiger charge is -2.13. The number of hydrogen-bond acceptors (Lipinski definition) is 3. The molecular weight excluding hydrogens is 292 g/mol. The first kappa shape index (κ1) is 22.4. The van der Waals surface area contributed by atoms with Crippen molar-refractivity contribution in [1.29, 1.82) is 0 Å². The summed E-state index contributed by atoms with van der Waals surface area (Å²) in [5, 5.41) is 26.7. The van der Waals surface area contributed by atoms with Crippen molar-refractivity contribution in [3.05, 3.63) is 0 Å². The minimum atomic E-state index is -1.74. The zero-order chi connectivity index (χ0) is 17.3. The summed E-state index contributed by atoms with van der Waals surface area (Å²) in [6, 6.07) is 0. The van der Waals surface area contributed by atoms with Gasteiger partial charge < -0.3 is 15.3 Å². The van der Waals surface area contributed by atoms with Crippen LogP contribution in [0.2, 0.25) is 0 Å². The maximum atomic E-state index is 10.8. The van der Waals surface area contributed by atoms with E-state index in [9.17, 15) is 4.79 Å². The Morgan fingerprint density at radius 1 is 0.696 bits per heavy atom. The average Bonchev–Trinajstić information content (AvgIpc) is 2.50. The summed E-state index contributed by atoms with van der Waals surface area (Å²) in [5.74, 6) is -2.15. The van der Waals surface area contributed by atoms with Gasteiger partial charge in [-0.3, -0.25) is 4.79 Å². The van der Waals surface area contributed by atoms with Gasteiger partial charge in [0.2, 0.25) is 0 Å². The van der Waals surface area contributed by atoms with E-state index in [4.69, 9.17) is 15.3 Å². The fourth-order valence-electron chi connectivity index (χ4n) is 2.96. The van der Waals surface area contributed by atoms with Crippen LogP contribution in [0.1, 0.15) is 103 Å².